The van der Waals surface area contributed by atoms with Gasteiger partial charge in [-0.2, -0.15) is 0 Å². The molecule has 1 saturated heterocycles. The van der Waals surface area contributed by atoms with Crippen LogP contribution in [0.5, 0.6) is 0 Å². The molecule has 0 spiro atoms. The van der Waals surface area contributed by atoms with Gasteiger partial charge in [-0.05, 0) is 43.0 Å². The number of amides is 3. The molecule has 7 heteroatoms. The Bertz CT molecular complexity index is 646. The molecule has 0 aromatic heterocycles. The van der Waals surface area contributed by atoms with Gasteiger partial charge in [0.1, 0.15) is 11.9 Å². The average molecular weight is 363 g/mol. The van der Waals surface area contributed by atoms with Crippen LogP contribution in [0.1, 0.15) is 43.5 Å². The first-order valence-corrected chi connectivity index (χ1v) is 9.00. The Labute approximate surface area is 153 Å². The fraction of sp³-hybridized carbons (Fsp3) is 0.526. The molecule has 1 aliphatic heterocycles. The van der Waals surface area contributed by atoms with Gasteiger partial charge in [0, 0.05) is 31.6 Å². The van der Waals surface area contributed by atoms with Gasteiger partial charge in [0.25, 0.3) is 5.91 Å². The highest BCUT2D eigenvalue weighted by molar-refractivity contribution is 5.97. The molecule has 26 heavy (non-hydrogen) atoms. The van der Waals surface area contributed by atoms with Crippen molar-refractivity contribution in [3.8, 4) is 0 Å². The minimum absolute atomic E-state index is 0.0976. The maximum atomic E-state index is 13.0. The average Bonchev–Trinajstić information content (AvgIpc) is 3.01. The van der Waals surface area contributed by atoms with Crippen LogP contribution < -0.4 is 10.6 Å². The van der Waals surface area contributed by atoms with Gasteiger partial charge in [-0.1, -0.05) is 13.8 Å². The van der Waals surface area contributed by atoms with E-state index in [0.29, 0.717) is 31.5 Å². The van der Waals surface area contributed by atoms with Crippen LogP contribution in [0.2, 0.25) is 0 Å². The van der Waals surface area contributed by atoms with Crippen LogP contribution in [0.25, 0.3) is 0 Å². The highest BCUT2D eigenvalue weighted by Crippen LogP contribution is 2.10. The topological polar surface area (TPSA) is 78.5 Å². The highest BCUT2D eigenvalue weighted by atomic mass is 19.1. The molecule has 1 heterocycles. The zero-order valence-electron chi connectivity index (χ0n) is 15.3. The van der Waals surface area contributed by atoms with E-state index < -0.39 is 17.8 Å². The summed E-state index contributed by atoms with van der Waals surface area (Å²) in [5.41, 5.74) is 0.303. The van der Waals surface area contributed by atoms with Crippen LogP contribution in [0.4, 0.5) is 4.39 Å². The fourth-order valence-electron chi connectivity index (χ4n) is 2.89. The third kappa shape index (κ3) is 5.54. The first kappa shape index (κ1) is 19.9. The van der Waals surface area contributed by atoms with Crippen LogP contribution in [0, 0.1) is 11.7 Å². The molecule has 0 radical (unpaired) electrons. The quantitative estimate of drug-likeness (QED) is 0.690. The largest absolute Gasteiger partial charge is 0.354 e. The van der Waals surface area contributed by atoms with Crippen LogP contribution in [0.15, 0.2) is 24.3 Å². The molecule has 1 aromatic carbocycles. The summed E-state index contributed by atoms with van der Waals surface area (Å²) in [7, 11) is 0. The fourth-order valence-corrected chi connectivity index (χ4v) is 2.89. The predicted octanol–water partition coefficient (Wildman–Crippen LogP) is 1.71. The number of benzene rings is 1. The molecule has 2 rings (SSSR count). The van der Waals surface area contributed by atoms with Gasteiger partial charge in [0.2, 0.25) is 11.8 Å². The van der Waals surface area contributed by atoms with Gasteiger partial charge < -0.3 is 15.5 Å². The van der Waals surface area contributed by atoms with E-state index in [2.05, 4.69) is 10.6 Å². The molecular weight excluding hydrogens is 337 g/mol. The van der Waals surface area contributed by atoms with E-state index in [1.54, 1.807) is 0 Å². The van der Waals surface area contributed by atoms with Crippen molar-refractivity contribution in [2.45, 2.75) is 39.2 Å². The lowest BCUT2D eigenvalue weighted by Gasteiger charge is -2.22. The Morgan fingerprint density at radius 1 is 1.23 bits per heavy atom. The van der Waals surface area contributed by atoms with Crippen molar-refractivity contribution in [2.24, 2.45) is 5.92 Å². The zero-order chi connectivity index (χ0) is 19.1. The lowest BCUT2D eigenvalue weighted by atomic mass is 10.0. The first-order chi connectivity index (χ1) is 12.4. The van der Waals surface area contributed by atoms with E-state index in [1.165, 1.54) is 24.3 Å². The second kappa shape index (κ2) is 9.31. The molecule has 1 atom stereocenters. The number of carbonyl (C=O) groups is 3. The van der Waals surface area contributed by atoms with Crippen LogP contribution >= 0.6 is 0 Å². The SMILES string of the molecule is CC(C)C(NC(=O)c1ccc(F)cc1)C(=O)NCCCN1CCCC1=O. The molecule has 0 saturated carbocycles. The molecule has 0 bridgehead atoms. The second-order valence-electron chi connectivity index (χ2n) is 6.83. The van der Waals surface area contributed by atoms with Crippen molar-refractivity contribution in [1.82, 2.24) is 15.5 Å². The summed E-state index contributed by atoms with van der Waals surface area (Å²) in [6.45, 7) is 5.55. The molecule has 0 aliphatic carbocycles. The molecular formula is C19H26FN3O3. The van der Waals surface area contributed by atoms with E-state index in [1.807, 2.05) is 18.7 Å². The zero-order valence-corrected chi connectivity index (χ0v) is 15.3. The monoisotopic (exact) mass is 363 g/mol. The third-order valence-corrected chi connectivity index (χ3v) is 4.42. The van der Waals surface area contributed by atoms with E-state index in [4.69, 9.17) is 0 Å². The summed E-state index contributed by atoms with van der Waals surface area (Å²) >= 11 is 0. The van der Waals surface area contributed by atoms with Gasteiger partial charge in [0.15, 0.2) is 0 Å². The van der Waals surface area contributed by atoms with Gasteiger partial charge in [-0.15, -0.1) is 0 Å². The molecule has 1 fully saturated rings. The van der Waals surface area contributed by atoms with Crippen LogP contribution in [-0.2, 0) is 9.59 Å². The summed E-state index contributed by atoms with van der Waals surface area (Å²) in [5, 5.41) is 5.52. The highest BCUT2D eigenvalue weighted by Gasteiger charge is 2.25. The molecule has 2 N–H and O–H groups in total. The van der Waals surface area contributed by atoms with Crippen molar-refractivity contribution in [2.75, 3.05) is 19.6 Å². The Kier molecular flexibility index (Phi) is 7.12. The normalized spacial score (nSPS) is 15.2. The van der Waals surface area contributed by atoms with Gasteiger partial charge in [-0.25, -0.2) is 4.39 Å². The molecule has 142 valence electrons. The van der Waals surface area contributed by atoms with Gasteiger partial charge >= 0.3 is 0 Å². The molecule has 1 unspecified atom stereocenters. The summed E-state index contributed by atoms with van der Waals surface area (Å²) < 4.78 is 13.0. The standard InChI is InChI=1S/C19H26FN3O3/c1-13(2)17(22-18(25)14-6-8-15(20)9-7-14)19(26)21-10-4-12-23-11-3-5-16(23)24/h6-9,13,17H,3-5,10-12H2,1-2H3,(H,21,26)(H,22,25). The van der Waals surface area contributed by atoms with Crippen LogP contribution in [-0.4, -0.2) is 48.3 Å². The number of hydrogen-bond donors (Lipinski definition) is 2. The van der Waals surface area contributed by atoms with Crippen molar-refractivity contribution in [1.29, 1.82) is 0 Å². The van der Waals surface area contributed by atoms with Crippen molar-refractivity contribution >= 4 is 17.7 Å². The van der Waals surface area contributed by atoms with Crippen molar-refractivity contribution in [3.05, 3.63) is 35.6 Å². The number of likely N-dealkylation sites (tertiary alicyclic amines) is 1. The van der Waals surface area contributed by atoms with Gasteiger partial charge in [0.05, 0.1) is 0 Å². The molecule has 1 aromatic rings. The lowest BCUT2D eigenvalue weighted by molar-refractivity contribution is -0.127. The predicted molar refractivity (Wildman–Crippen MR) is 95.9 cm³/mol. The molecule has 3 amide bonds. The van der Waals surface area contributed by atoms with E-state index in [-0.39, 0.29) is 17.7 Å². The van der Waals surface area contributed by atoms with E-state index >= 15 is 0 Å². The Morgan fingerprint density at radius 3 is 2.50 bits per heavy atom. The van der Waals surface area contributed by atoms with Crippen molar-refractivity contribution < 1.29 is 18.8 Å². The van der Waals surface area contributed by atoms with Gasteiger partial charge in [-0.3, -0.25) is 14.4 Å². The summed E-state index contributed by atoms with van der Waals surface area (Å²) in [6.07, 6.45) is 2.18. The number of nitrogens with zero attached hydrogens (tertiary/aromatic N) is 1. The number of carbonyl (C=O) groups excluding carboxylic acids is 3. The molecule has 6 nitrogen and oxygen atoms in total. The smallest absolute Gasteiger partial charge is 0.251 e. The Morgan fingerprint density at radius 2 is 1.92 bits per heavy atom. The number of nitrogens with one attached hydrogen (secondary N) is 2. The van der Waals surface area contributed by atoms with E-state index in [0.717, 1.165) is 13.0 Å². The van der Waals surface area contributed by atoms with Crippen LogP contribution in [0.3, 0.4) is 0 Å². The number of rotatable bonds is 8. The Balaban J connectivity index is 1.81. The van der Waals surface area contributed by atoms with Crippen molar-refractivity contribution in [3.63, 3.8) is 0 Å². The summed E-state index contributed by atoms with van der Waals surface area (Å²) in [6, 6.07) is 4.50. The molecule has 1 aliphatic rings. The maximum absolute atomic E-state index is 13.0. The minimum Gasteiger partial charge on any atom is -0.354 e. The second-order valence-corrected chi connectivity index (χ2v) is 6.83. The number of halogens is 1. The lowest BCUT2D eigenvalue weighted by Crippen LogP contribution is -2.50. The van der Waals surface area contributed by atoms with E-state index in [9.17, 15) is 18.8 Å². The minimum atomic E-state index is -0.680. The summed E-state index contributed by atoms with van der Waals surface area (Å²) in [4.78, 5) is 38.0. The Hall–Kier alpha value is -2.44. The first-order valence-electron chi connectivity index (χ1n) is 9.00. The number of hydrogen-bond acceptors (Lipinski definition) is 3. The summed E-state index contributed by atoms with van der Waals surface area (Å²) in [5.74, 6) is -1.02. The maximum Gasteiger partial charge on any atom is 0.251 e. The third-order valence-electron chi connectivity index (χ3n) is 4.42.